The van der Waals surface area contributed by atoms with Crippen LogP contribution < -0.4 is 5.32 Å². The summed E-state index contributed by atoms with van der Waals surface area (Å²) in [5.74, 6) is -0.400. The molecule has 0 aliphatic heterocycles. The average Bonchev–Trinajstić information content (AvgIpc) is 2.79. The van der Waals surface area contributed by atoms with Crippen LogP contribution in [0.5, 0.6) is 0 Å². The van der Waals surface area contributed by atoms with Crippen LogP contribution in [-0.4, -0.2) is 25.0 Å². The minimum atomic E-state index is -0.641. The third kappa shape index (κ3) is 3.94. The Labute approximate surface area is 100 Å². The molecule has 5 nitrogen and oxygen atoms in total. The molecule has 0 bridgehead atoms. The Hall–Kier alpha value is -1.78. The van der Waals surface area contributed by atoms with Crippen LogP contribution in [0.3, 0.4) is 0 Å². The van der Waals surface area contributed by atoms with E-state index in [2.05, 4.69) is 10.1 Å². The van der Waals surface area contributed by atoms with Gasteiger partial charge in [-0.2, -0.15) is 0 Å². The summed E-state index contributed by atoms with van der Waals surface area (Å²) in [5, 5.41) is 2.59. The quantitative estimate of drug-likeness (QED) is 0.792. The lowest BCUT2D eigenvalue weighted by atomic mass is 10.0. The van der Waals surface area contributed by atoms with Gasteiger partial charge in [0.1, 0.15) is 6.04 Å². The lowest BCUT2D eigenvalue weighted by Gasteiger charge is -2.17. The highest BCUT2D eigenvalue weighted by atomic mass is 16.5. The number of nitrogens with one attached hydrogen (secondary N) is 1. The highest BCUT2D eigenvalue weighted by Crippen LogP contribution is 2.08. The Morgan fingerprint density at radius 2 is 2.18 bits per heavy atom. The number of rotatable bonds is 5. The van der Waals surface area contributed by atoms with Crippen molar-refractivity contribution in [1.29, 1.82) is 0 Å². The summed E-state index contributed by atoms with van der Waals surface area (Å²) in [5.41, 5.74) is 0. The van der Waals surface area contributed by atoms with Crippen LogP contribution in [0.2, 0.25) is 0 Å². The van der Waals surface area contributed by atoms with E-state index in [9.17, 15) is 9.59 Å². The zero-order valence-electron chi connectivity index (χ0n) is 10.2. The number of amides is 1. The van der Waals surface area contributed by atoms with Gasteiger partial charge in [-0.25, -0.2) is 4.79 Å². The van der Waals surface area contributed by atoms with Crippen LogP contribution in [0, 0.1) is 5.92 Å². The molecule has 0 aromatic carbocycles. The summed E-state index contributed by atoms with van der Waals surface area (Å²) in [6.45, 7) is 3.93. The molecule has 0 spiro atoms. The van der Waals surface area contributed by atoms with E-state index >= 15 is 0 Å². The van der Waals surface area contributed by atoms with Crippen molar-refractivity contribution < 1.29 is 18.7 Å². The zero-order chi connectivity index (χ0) is 12.8. The van der Waals surface area contributed by atoms with E-state index in [0.29, 0.717) is 6.42 Å². The van der Waals surface area contributed by atoms with Gasteiger partial charge in [-0.1, -0.05) is 13.8 Å². The van der Waals surface area contributed by atoms with E-state index < -0.39 is 17.9 Å². The van der Waals surface area contributed by atoms with Crippen molar-refractivity contribution in [1.82, 2.24) is 5.32 Å². The van der Waals surface area contributed by atoms with Gasteiger partial charge in [0.15, 0.2) is 5.76 Å². The standard InChI is InChI=1S/C12H17NO4/c1-8(2)7-9(12(15)16-3)13-11(14)10-5-4-6-17-10/h4-6,8-9H,7H2,1-3H3,(H,13,14)/t9-/m0/s1. The molecule has 5 heteroatoms. The smallest absolute Gasteiger partial charge is 0.328 e. The number of methoxy groups -OCH3 is 1. The number of carbonyl (C=O) groups is 2. The second-order valence-corrected chi connectivity index (χ2v) is 4.16. The minimum absolute atomic E-state index is 0.183. The molecule has 0 aliphatic carbocycles. The molecule has 0 aliphatic rings. The summed E-state index contributed by atoms with van der Waals surface area (Å²) in [7, 11) is 1.30. The van der Waals surface area contributed by atoms with Crippen LogP contribution in [0.4, 0.5) is 0 Å². The Kier molecular flexibility index (Phi) is 4.75. The Balaban J connectivity index is 2.66. The van der Waals surface area contributed by atoms with Gasteiger partial charge in [-0.3, -0.25) is 4.79 Å². The fourth-order valence-corrected chi connectivity index (χ4v) is 1.46. The summed E-state index contributed by atoms with van der Waals surface area (Å²) >= 11 is 0. The molecule has 1 rings (SSSR count). The Morgan fingerprint density at radius 1 is 1.47 bits per heavy atom. The lowest BCUT2D eigenvalue weighted by molar-refractivity contribution is -0.143. The van der Waals surface area contributed by atoms with Crippen LogP contribution in [0.1, 0.15) is 30.8 Å². The largest absolute Gasteiger partial charge is 0.467 e. The van der Waals surface area contributed by atoms with E-state index in [1.165, 1.54) is 13.4 Å². The van der Waals surface area contributed by atoms with E-state index in [-0.39, 0.29) is 11.7 Å². The minimum Gasteiger partial charge on any atom is -0.467 e. The molecule has 0 unspecified atom stereocenters. The van der Waals surface area contributed by atoms with Crippen molar-refractivity contribution in [3.8, 4) is 0 Å². The van der Waals surface area contributed by atoms with Gasteiger partial charge in [0.2, 0.25) is 0 Å². The first-order chi connectivity index (χ1) is 8.04. The number of ether oxygens (including phenoxy) is 1. The second kappa shape index (κ2) is 6.08. The molecular weight excluding hydrogens is 222 g/mol. The van der Waals surface area contributed by atoms with Gasteiger partial charge in [0.05, 0.1) is 13.4 Å². The van der Waals surface area contributed by atoms with Crippen LogP contribution in [0.15, 0.2) is 22.8 Å². The van der Waals surface area contributed by atoms with Crippen LogP contribution in [-0.2, 0) is 9.53 Å². The monoisotopic (exact) mass is 239 g/mol. The molecule has 1 N–H and O–H groups in total. The average molecular weight is 239 g/mol. The zero-order valence-corrected chi connectivity index (χ0v) is 10.2. The molecule has 1 aromatic rings. The number of esters is 1. The van der Waals surface area contributed by atoms with Gasteiger partial charge in [-0.05, 0) is 24.5 Å². The molecule has 0 fully saturated rings. The molecule has 1 aromatic heterocycles. The van der Waals surface area contributed by atoms with Gasteiger partial charge in [0, 0.05) is 0 Å². The molecule has 17 heavy (non-hydrogen) atoms. The number of hydrogen-bond acceptors (Lipinski definition) is 4. The van der Waals surface area contributed by atoms with Crippen molar-refractivity contribution in [2.24, 2.45) is 5.92 Å². The third-order valence-electron chi connectivity index (χ3n) is 2.24. The van der Waals surface area contributed by atoms with Crippen LogP contribution >= 0.6 is 0 Å². The van der Waals surface area contributed by atoms with Crippen molar-refractivity contribution >= 4 is 11.9 Å². The summed E-state index contributed by atoms with van der Waals surface area (Å²) in [4.78, 5) is 23.2. The highest BCUT2D eigenvalue weighted by molar-refractivity contribution is 5.94. The first-order valence-electron chi connectivity index (χ1n) is 5.46. The lowest BCUT2D eigenvalue weighted by Crippen LogP contribution is -2.42. The normalized spacial score (nSPS) is 12.2. The first kappa shape index (κ1) is 13.3. The van der Waals surface area contributed by atoms with Gasteiger partial charge in [-0.15, -0.1) is 0 Å². The van der Waals surface area contributed by atoms with E-state index in [0.717, 1.165) is 0 Å². The summed E-state index contributed by atoms with van der Waals surface area (Å²) < 4.78 is 9.60. The van der Waals surface area contributed by atoms with Crippen LogP contribution in [0.25, 0.3) is 0 Å². The predicted octanol–water partition coefficient (Wildman–Crippen LogP) is 1.60. The molecular formula is C12H17NO4. The Morgan fingerprint density at radius 3 is 2.65 bits per heavy atom. The molecule has 1 heterocycles. The van der Waals surface area contributed by atoms with Gasteiger partial charge < -0.3 is 14.5 Å². The van der Waals surface area contributed by atoms with E-state index in [4.69, 9.17) is 4.42 Å². The van der Waals surface area contributed by atoms with E-state index in [1.54, 1.807) is 12.1 Å². The fourth-order valence-electron chi connectivity index (χ4n) is 1.46. The molecule has 0 saturated carbocycles. The van der Waals surface area contributed by atoms with Crippen molar-refractivity contribution in [2.45, 2.75) is 26.3 Å². The molecule has 1 atom stereocenters. The number of furan rings is 1. The van der Waals surface area contributed by atoms with Gasteiger partial charge >= 0.3 is 5.97 Å². The topological polar surface area (TPSA) is 68.5 Å². The Bertz CT molecular complexity index is 370. The predicted molar refractivity (Wildman–Crippen MR) is 61.4 cm³/mol. The molecule has 0 radical (unpaired) electrons. The third-order valence-corrected chi connectivity index (χ3v) is 2.24. The maximum atomic E-state index is 11.7. The highest BCUT2D eigenvalue weighted by Gasteiger charge is 2.23. The second-order valence-electron chi connectivity index (χ2n) is 4.16. The fraction of sp³-hybridized carbons (Fsp3) is 0.500. The maximum absolute atomic E-state index is 11.7. The SMILES string of the molecule is COC(=O)[C@H](CC(C)C)NC(=O)c1ccco1. The molecule has 94 valence electrons. The summed E-state index contributed by atoms with van der Waals surface area (Å²) in [6, 6.07) is 2.52. The van der Waals surface area contributed by atoms with Gasteiger partial charge in [0.25, 0.3) is 5.91 Å². The number of hydrogen-bond donors (Lipinski definition) is 1. The first-order valence-corrected chi connectivity index (χ1v) is 5.46. The maximum Gasteiger partial charge on any atom is 0.328 e. The number of carbonyl (C=O) groups excluding carboxylic acids is 2. The van der Waals surface area contributed by atoms with Crippen molar-refractivity contribution in [3.63, 3.8) is 0 Å². The van der Waals surface area contributed by atoms with Crippen molar-refractivity contribution in [3.05, 3.63) is 24.2 Å². The summed E-state index contributed by atoms with van der Waals surface area (Å²) in [6.07, 6.45) is 1.93. The molecule has 1 amide bonds. The van der Waals surface area contributed by atoms with Crippen molar-refractivity contribution in [2.75, 3.05) is 7.11 Å². The van der Waals surface area contributed by atoms with E-state index in [1.807, 2.05) is 13.8 Å². The molecule has 0 saturated heterocycles.